The minimum absolute atomic E-state index is 0.276. The van der Waals surface area contributed by atoms with E-state index in [9.17, 15) is 5.11 Å². The second-order valence-electron chi connectivity index (χ2n) is 7.20. The summed E-state index contributed by atoms with van der Waals surface area (Å²) in [7, 11) is 0. The highest BCUT2D eigenvalue weighted by molar-refractivity contribution is 7.18. The standard InChI is InChI=1S/C21H21N3O2S/c1-12-16-10-14(2-5-18(16)24-23-12)17-4-3-15-11-19(27-21(15)22-17)20(25)13-6-8-26-9-7-13/h2-5,10-11,13,20,25H,6-9H2,1H3,(H,23,24). The predicted octanol–water partition coefficient (Wildman–Crippen LogP) is 4.61. The van der Waals surface area contributed by atoms with Crippen LogP contribution >= 0.6 is 11.3 Å². The average Bonchev–Trinajstić information content (AvgIpc) is 3.31. The van der Waals surface area contributed by atoms with Crippen molar-refractivity contribution in [2.75, 3.05) is 13.2 Å². The third-order valence-electron chi connectivity index (χ3n) is 5.46. The van der Waals surface area contributed by atoms with Crippen molar-refractivity contribution in [3.05, 3.63) is 47.0 Å². The Morgan fingerprint density at radius 3 is 2.89 bits per heavy atom. The van der Waals surface area contributed by atoms with Gasteiger partial charge in [-0.15, -0.1) is 11.3 Å². The Bertz CT molecular complexity index is 1110. The number of aromatic nitrogens is 3. The van der Waals surface area contributed by atoms with Gasteiger partial charge < -0.3 is 9.84 Å². The number of aromatic amines is 1. The second kappa shape index (κ2) is 6.71. The highest BCUT2D eigenvalue weighted by Crippen LogP contribution is 2.37. The van der Waals surface area contributed by atoms with Crippen molar-refractivity contribution in [1.29, 1.82) is 0 Å². The van der Waals surface area contributed by atoms with Crippen molar-refractivity contribution in [2.24, 2.45) is 5.92 Å². The van der Waals surface area contributed by atoms with E-state index in [1.807, 2.05) is 13.0 Å². The van der Waals surface area contributed by atoms with Crippen LogP contribution in [-0.2, 0) is 4.74 Å². The fraction of sp³-hybridized carbons (Fsp3) is 0.333. The number of thiophene rings is 1. The van der Waals surface area contributed by atoms with Crippen molar-refractivity contribution >= 4 is 32.5 Å². The van der Waals surface area contributed by atoms with E-state index in [1.54, 1.807) is 11.3 Å². The number of H-pyrrole nitrogens is 1. The molecule has 5 nitrogen and oxygen atoms in total. The largest absolute Gasteiger partial charge is 0.387 e. The third-order valence-corrected chi connectivity index (χ3v) is 6.57. The number of hydrogen-bond acceptors (Lipinski definition) is 5. The fourth-order valence-electron chi connectivity index (χ4n) is 3.81. The van der Waals surface area contributed by atoms with E-state index in [2.05, 4.69) is 40.5 Å². The zero-order chi connectivity index (χ0) is 18.4. The molecule has 5 rings (SSSR count). The summed E-state index contributed by atoms with van der Waals surface area (Å²) in [5.41, 5.74) is 4.05. The summed E-state index contributed by atoms with van der Waals surface area (Å²) in [5, 5.41) is 20.3. The summed E-state index contributed by atoms with van der Waals surface area (Å²) in [6.45, 7) is 3.48. The lowest BCUT2D eigenvalue weighted by atomic mass is 9.93. The molecule has 0 amide bonds. The molecule has 1 saturated heterocycles. The van der Waals surface area contributed by atoms with Crippen LogP contribution in [0.4, 0.5) is 0 Å². The summed E-state index contributed by atoms with van der Waals surface area (Å²) < 4.78 is 5.42. The van der Waals surface area contributed by atoms with Crippen LogP contribution in [-0.4, -0.2) is 33.5 Å². The van der Waals surface area contributed by atoms with Crippen LogP contribution in [0.5, 0.6) is 0 Å². The number of rotatable bonds is 3. The first-order valence-corrected chi connectivity index (χ1v) is 10.1. The number of aliphatic hydroxyl groups is 1. The highest BCUT2D eigenvalue weighted by Gasteiger charge is 2.25. The van der Waals surface area contributed by atoms with Gasteiger partial charge in [-0.3, -0.25) is 5.10 Å². The summed E-state index contributed by atoms with van der Waals surface area (Å²) in [6.07, 6.45) is 1.40. The van der Waals surface area contributed by atoms with E-state index in [0.29, 0.717) is 0 Å². The molecular weight excluding hydrogens is 358 g/mol. The van der Waals surface area contributed by atoms with Crippen molar-refractivity contribution in [3.63, 3.8) is 0 Å². The van der Waals surface area contributed by atoms with E-state index in [0.717, 1.165) is 69.0 Å². The fourth-order valence-corrected chi connectivity index (χ4v) is 4.92. The van der Waals surface area contributed by atoms with Crippen LogP contribution in [0.3, 0.4) is 0 Å². The average molecular weight is 379 g/mol. The normalized spacial score (nSPS) is 17.0. The first-order chi connectivity index (χ1) is 13.2. The Morgan fingerprint density at radius 2 is 2.04 bits per heavy atom. The van der Waals surface area contributed by atoms with Gasteiger partial charge >= 0.3 is 0 Å². The second-order valence-corrected chi connectivity index (χ2v) is 8.27. The zero-order valence-corrected chi connectivity index (χ0v) is 15.9. The number of aryl methyl sites for hydroxylation is 1. The number of benzene rings is 1. The molecule has 1 unspecified atom stereocenters. The van der Waals surface area contributed by atoms with Crippen LogP contribution in [0.25, 0.3) is 32.4 Å². The van der Waals surface area contributed by atoms with Gasteiger partial charge in [0.25, 0.3) is 0 Å². The van der Waals surface area contributed by atoms with Gasteiger partial charge in [-0.1, -0.05) is 6.07 Å². The Hall–Kier alpha value is -2.28. The molecule has 138 valence electrons. The number of nitrogens with one attached hydrogen (secondary N) is 1. The first kappa shape index (κ1) is 16.9. The smallest absolute Gasteiger partial charge is 0.124 e. The number of nitrogens with zero attached hydrogens (tertiary/aromatic N) is 2. The van der Waals surface area contributed by atoms with Gasteiger partial charge in [-0.05, 0) is 56.0 Å². The van der Waals surface area contributed by atoms with E-state index in [4.69, 9.17) is 9.72 Å². The molecule has 27 heavy (non-hydrogen) atoms. The predicted molar refractivity (Wildman–Crippen MR) is 108 cm³/mol. The SMILES string of the molecule is Cc1n[nH]c2ccc(-c3ccc4cc(C(O)C5CCOCC5)sc4n3)cc12. The Kier molecular flexibility index (Phi) is 4.19. The van der Waals surface area contributed by atoms with E-state index < -0.39 is 6.10 Å². The molecule has 0 radical (unpaired) electrons. The molecule has 1 aliphatic rings. The van der Waals surface area contributed by atoms with Gasteiger partial charge in [0.05, 0.1) is 23.0 Å². The van der Waals surface area contributed by atoms with Gasteiger partial charge in [0, 0.05) is 34.4 Å². The van der Waals surface area contributed by atoms with Crippen molar-refractivity contribution in [3.8, 4) is 11.3 Å². The number of aliphatic hydroxyl groups excluding tert-OH is 1. The zero-order valence-electron chi connectivity index (χ0n) is 15.1. The van der Waals surface area contributed by atoms with Crippen LogP contribution in [0.2, 0.25) is 0 Å². The molecule has 4 heterocycles. The summed E-state index contributed by atoms with van der Waals surface area (Å²) in [5.74, 6) is 0.276. The molecular formula is C21H21N3O2S. The first-order valence-electron chi connectivity index (χ1n) is 9.30. The lowest BCUT2D eigenvalue weighted by molar-refractivity contribution is 0.00856. The van der Waals surface area contributed by atoms with E-state index in [1.165, 1.54) is 0 Å². The number of fused-ring (bicyclic) bond motifs is 2. The molecule has 0 saturated carbocycles. The number of pyridine rings is 1. The summed E-state index contributed by atoms with van der Waals surface area (Å²) in [6, 6.07) is 12.5. The highest BCUT2D eigenvalue weighted by atomic mass is 32.1. The molecule has 1 atom stereocenters. The van der Waals surface area contributed by atoms with Crippen LogP contribution < -0.4 is 0 Å². The molecule has 1 aliphatic heterocycles. The lowest BCUT2D eigenvalue weighted by Crippen LogP contribution is -2.21. The molecule has 0 spiro atoms. The molecule has 4 aromatic rings. The van der Waals surface area contributed by atoms with Gasteiger partial charge in [-0.2, -0.15) is 5.10 Å². The van der Waals surface area contributed by atoms with Gasteiger partial charge in [0.1, 0.15) is 4.83 Å². The molecule has 2 N–H and O–H groups in total. The van der Waals surface area contributed by atoms with Gasteiger partial charge in [-0.25, -0.2) is 4.98 Å². The monoisotopic (exact) mass is 379 g/mol. The minimum atomic E-state index is -0.429. The molecule has 0 aliphatic carbocycles. The van der Waals surface area contributed by atoms with Gasteiger partial charge in [0.15, 0.2) is 0 Å². The molecule has 6 heteroatoms. The lowest BCUT2D eigenvalue weighted by Gasteiger charge is -2.25. The van der Waals surface area contributed by atoms with E-state index >= 15 is 0 Å². The Balaban J connectivity index is 1.50. The van der Waals surface area contributed by atoms with Crippen molar-refractivity contribution in [1.82, 2.24) is 15.2 Å². The maximum atomic E-state index is 10.8. The molecule has 3 aromatic heterocycles. The van der Waals surface area contributed by atoms with Crippen LogP contribution in [0.15, 0.2) is 36.4 Å². The van der Waals surface area contributed by atoms with Gasteiger partial charge in [0.2, 0.25) is 0 Å². The summed E-state index contributed by atoms with van der Waals surface area (Å²) in [4.78, 5) is 6.84. The van der Waals surface area contributed by atoms with Crippen LogP contribution in [0, 0.1) is 12.8 Å². The summed E-state index contributed by atoms with van der Waals surface area (Å²) >= 11 is 1.60. The maximum absolute atomic E-state index is 10.8. The topological polar surface area (TPSA) is 71.0 Å². The van der Waals surface area contributed by atoms with Crippen molar-refractivity contribution < 1.29 is 9.84 Å². The van der Waals surface area contributed by atoms with E-state index in [-0.39, 0.29) is 5.92 Å². The molecule has 1 aromatic carbocycles. The molecule has 0 bridgehead atoms. The maximum Gasteiger partial charge on any atom is 0.124 e. The number of ether oxygens (including phenoxy) is 1. The van der Waals surface area contributed by atoms with Crippen LogP contribution in [0.1, 0.15) is 29.5 Å². The quantitative estimate of drug-likeness (QED) is 0.545. The number of hydrogen-bond donors (Lipinski definition) is 2. The third kappa shape index (κ3) is 3.04. The van der Waals surface area contributed by atoms with Crippen molar-refractivity contribution in [2.45, 2.75) is 25.9 Å². The Morgan fingerprint density at radius 1 is 1.19 bits per heavy atom. The molecule has 1 fully saturated rings. The Labute approximate surface area is 161 Å². The minimum Gasteiger partial charge on any atom is -0.387 e.